The number of rotatable bonds is 9. The Labute approximate surface area is 187 Å². The second-order valence-electron chi connectivity index (χ2n) is 7.17. The van der Waals surface area contributed by atoms with E-state index in [-0.39, 0.29) is 29.2 Å². The maximum absolute atomic E-state index is 12.6. The van der Waals surface area contributed by atoms with Gasteiger partial charge < -0.3 is 14.8 Å². The lowest BCUT2D eigenvalue weighted by Gasteiger charge is -2.14. The van der Waals surface area contributed by atoms with Gasteiger partial charge in [0.05, 0.1) is 35.8 Å². The van der Waals surface area contributed by atoms with Gasteiger partial charge in [0.25, 0.3) is 0 Å². The number of benzene rings is 1. The van der Waals surface area contributed by atoms with E-state index < -0.39 is 6.61 Å². The third-order valence-electron chi connectivity index (χ3n) is 4.80. The zero-order valence-corrected chi connectivity index (χ0v) is 18.1. The molecule has 0 radical (unpaired) electrons. The fraction of sp³-hybridized carbons (Fsp3) is 0.400. The van der Waals surface area contributed by atoms with Crippen molar-refractivity contribution in [2.75, 3.05) is 17.7 Å². The summed E-state index contributed by atoms with van der Waals surface area (Å²) in [5.41, 5.74) is 0.989. The van der Waals surface area contributed by atoms with Gasteiger partial charge in [0.1, 0.15) is 5.75 Å². The van der Waals surface area contributed by atoms with Crippen LogP contribution in [-0.2, 0) is 23.1 Å². The molecular formula is C20H22F2N6O3S. The van der Waals surface area contributed by atoms with E-state index in [4.69, 9.17) is 4.74 Å². The number of hydrogen-bond acceptors (Lipinski definition) is 7. The number of thioether (sulfide) groups is 1. The number of nitrogens with zero attached hydrogens (tertiary/aromatic N) is 5. The molecule has 0 bridgehead atoms. The second-order valence-corrected chi connectivity index (χ2v) is 8.11. The Balaban J connectivity index is 1.47. The summed E-state index contributed by atoms with van der Waals surface area (Å²) >= 11 is 1.21. The molecule has 1 amide bonds. The van der Waals surface area contributed by atoms with Crippen molar-refractivity contribution in [1.82, 2.24) is 24.5 Å². The van der Waals surface area contributed by atoms with Crippen molar-refractivity contribution in [1.29, 1.82) is 0 Å². The molecule has 12 heteroatoms. The summed E-state index contributed by atoms with van der Waals surface area (Å²) in [5, 5.41) is 15.9. The molecule has 1 aliphatic heterocycles. The number of anilines is 1. The van der Waals surface area contributed by atoms with E-state index in [9.17, 15) is 13.6 Å². The van der Waals surface area contributed by atoms with Gasteiger partial charge in [0.2, 0.25) is 5.91 Å². The van der Waals surface area contributed by atoms with E-state index in [1.165, 1.54) is 23.9 Å². The van der Waals surface area contributed by atoms with Gasteiger partial charge in [-0.15, -0.1) is 10.2 Å². The van der Waals surface area contributed by atoms with Crippen molar-refractivity contribution in [3.05, 3.63) is 36.7 Å². The van der Waals surface area contributed by atoms with Crippen molar-refractivity contribution in [2.24, 2.45) is 7.05 Å². The minimum absolute atomic E-state index is 0.0136. The van der Waals surface area contributed by atoms with Crippen molar-refractivity contribution >= 4 is 23.4 Å². The highest BCUT2D eigenvalue weighted by Gasteiger charge is 2.23. The molecule has 3 aromatic rings. The van der Waals surface area contributed by atoms with E-state index in [2.05, 4.69) is 25.3 Å². The number of amides is 1. The van der Waals surface area contributed by atoms with Crippen LogP contribution >= 0.6 is 11.8 Å². The third kappa shape index (κ3) is 5.43. The summed E-state index contributed by atoms with van der Waals surface area (Å²) in [4.78, 5) is 12.5. The molecule has 4 rings (SSSR count). The summed E-state index contributed by atoms with van der Waals surface area (Å²) in [6, 6.07) is 6.04. The van der Waals surface area contributed by atoms with Crippen molar-refractivity contribution < 1.29 is 23.0 Å². The number of hydrogen-bond donors (Lipinski definition) is 1. The average Bonchev–Trinajstić information content (AvgIpc) is 3.50. The number of aryl methyl sites for hydroxylation is 1. The van der Waals surface area contributed by atoms with Crippen LogP contribution in [0.15, 0.2) is 41.8 Å². The Morgan fingerprint density at radius 2 is 2.22 bits per heavy atom. The maximum atomic E-state index is 12.6. The van der Waals surface area contributed by atoms with Crippen LogP contribution in [-0.4, -0.2) is 55.5 Å². The number of nitrogens with one attached hydrogen (secondary N) is 1. The van der Waals surface area contributed by atoms with Crippen LogP contribution in [0.5, 0.6) is 5.75 Å². The molecule has 0 saturated carbocycles. The van der Waals surface area contributed by atoms with Crippen LogP contribution in [0, 0.1) is 0 Å². The first-order valence-electron chi connectivity index (χ1n) is 10.00. The number of alkyl halides is 2. The lowest BCUT2D eigenvalue weighted by molar-refractivity contribution is -0.113. The molecule has 2 aromatic heterocycles. The lowest BCUT2D eigenvalue weighted by atomic mass is 10.2. The Kier molecular flexibility index (Phi) is 7.00. The molecule has 1 aromatic carbocycles. The lowest BCUT2D eigenvalue weighted by Crippen LogP contribution is -2.18. The Hall–Kier alpha value is -2.99. The summed E-state index contributed by atoms with van der Waals surface area (Å²) in [7, 11) is 1.82. The van der Waals surface area contributed by atoms with E-state index in [1.807, 2.05) is 17.8 Å². The van der Waals surface area contributed by atoms with Gasteiger partial charge in [-0.05, 0) is 25.0 Å². The minimum atomic E-state index is -2.98. The van der Waals surface area contributed by atoms with Gasteiger partial charge in [-0.2, -0.15) is 13.9 Å². The van der Waals surface area contributed by atoms with E-state index >= 15 is 0 Å². The molecule has 9 nitrogen and oxygen atoms in total. The highest BCUT2D eigenvalue weighted by atomic mass is 32.2. The fourth-order valence-corrected chi connectivity index (χ4v) is 4.14. The first-order valence-corrected chi connectivity index (χ1v) is 11.0. The smallest absolute Gasteiger partial charge is 0.387 e. The summed E-state index contributed by atoms with van der Waals surface area (Å²) in [5.74, 6) is 0.183. The molecule has 1 saturated heterocycles. The first kappa shape index (κ1) is 22.2. The molecule has 0 unspecified atom stereocenters. The van der Waals surface area contributed by atoms with Crippen LogP contribution < -0.4 is 10.1 Å². The van der Waals surface area contributed by atoms with E-state index in [0.29, 0.717) is 17.5 Å². The largest absolute Gasteiger partial charge is 0.433 e. The number of carbonyl (C=O) groups excluding carboxylic acids is 1. The van der Waals surface area contributed by atoms with Gasteiger partial charge in [-0.25, -0.2) is 0 Å². The quantitative estimate of drug-likeness (QED) is 0.486. The minimum Gasteiger partial charge on any atom is -0.433 e. The highest BCUT2D eigenvalue weighted by molar-refractivity contribution is 7.99. The summed E-state index contributed by atoms with van der Waals surface area (Å²) < 4.78 is 39.0. The Morgan fingerprint density at radius 1 is 1.38 bits per heavy atom. The molecule has 0 spiro atoms. The molecule has 32 heavy (non-hydrogen) atoms. The van der Waals surface area contributed by atoms with Gasteiger partial charge in [-0.3, -0.25) is 14.0 Å². The number of halogens is 2. The van der Waals surface area contributed by atoms with E-state index in [1.54, 1.807) is 23.0 Å². The molecule has 3 heterocycles. The molecule has 170 valence electrons. The van der Waals surface area contributed by atoms with Gasteiger partial charge in [-0.1, -0.05) is 23.9 Å². The normalized spacial score (nSPS) is 15.9. The highest BCUT2D eigenvalue weighted by Crippen LogP contribution is 2.28. The maximum Gasteiger partial charge on any atom is 0.387 e. The fourth-order valence-electron chi connectivity index (χ4n) is 3.39. The predicted octanol–water partition coefficient (Wildman–Crippen LogP) is 3.19. The zero-order chi connectivity index (χ0) is 22.5. The van der Waals surface area contributed by atoms with Crippen molar-refractivity contribution in [3.8, 4) is 17.1 Å². The molecule has 0 aliphatic carbocycles. The van der Waals surface area contributed by atoms with Gasteiger partial charge >= 0.3 is 6.61 Å². The first-order chi connectivity index (χ1) is 15.5. The van der Waals surface area contributed by atoms with Crippen LogP contribution in [0.3, 0.4) is 0 Å². The summed E-state index contributed by atoms with van der Waals surface area (Å²) in [6.07, 6.45) is 5.54. The molecular weight excluding hydrogens is 442 g/mol. The predicted molar refractivity (Wildman–Crippen MR) is 114 cm³/mol. The van der Waals surface area contributed by atoms with Crippen LogP contribution in [0.4, 0.5) is 14.5 Å². The van der Waals surface area contributed by atoms with Crippen LogP contribution in [0.2, 0.25) is 0 Å². The SMILES string of the molecule is Cn1cc(-c2nnc(SCC(=O)Nc3ccccc3OC(F)F)n2C[C@@H]2CCCO2)cn1. The number of aromatic nitrogens is 5. The van der Waals surface area contributed by atoms with Crippen molar-refractivity contribution in [3.63, 3.8) is 0 Å². The molecule has 1 fully saturated rings. The monoisotopic (exact) mass is 464 g/mol. The Bertz CT molecular complexity index is 1070. The van der Waals surface area contributed by atoms with E-state index in [0.717, 1.165) is 25.0 Å². The zero-order valence-electron chi connectivity index (χ0n) is 17.3. The Morgan fingerprint density at radius 3 is 2.94 bits per heavy atom. The summed E-state index contributed by atoms with van der Waals surface area (Å²) in [6.45, 7) is -1.70. The standard InChI is InChI=1S/C20H22F2N6O3S/c1-27-10-13(9-23-27)18-25-26-20(28(18)11-14-5-4-8-30-14)32-12-17(29)24-15-6-2-3-7-16(15)31-19(21)22/h2-3,6-7,9-10,14,19H,4-5,8,11-12H2,1H3,(H,24,29)/t14-/m0/s1. The van der Waals surface area contributed by atoms with Crippen molar-refractivity contribution in [2.45, 2.75) is 37.3 Å². The number of para-hydroxylation sites is 2. The average molecular weight is 464 g/mol. The molecule has 1 N–H and O–H groups in total. The number of ether oxygens (including phenoxy) is 2. The van der Waals surface area contributed by atoms with Crippen LogP contribution in [0.1, 0.15) is 12.8 Å². The third-order valence-corrected chi connectivity index (χ3v) is 5.77. The second kappa shape index (κ2) is 10.1. The van der Waals surface area contributed by atoms with Gasteiger partial charge in [0, 0.05) is 19.9 Å². The number of carbonyl (C=O) groups is 1. The van der Waals surface area contributed by atoms with Crippen LogP contribution in [0.25, 0.3) is 11.4 Å². The molecule has 1 atom stereocenters. The van der Waals surface area contributed by atoms with Gasteiger partial charge in [0.15, 0.2) is 11.0 Å². The molecule has 1 aliphatic rings. The topological polar surface area (TPSA) is 96.1 Å².